The predicted octanol–water partition coefficient (Wildman–Crippen LogP) is 3.18. The van der Waals surface area contributed by atoms with Crippen LogP contribution in [0.1, 0.15) is 31.4 Å². The van der Waals surface area contributed by atoms with E-state index in [9.17, 15) is 4.79 Å². The zero-order valence-electron chi connectivity index (χ0n) is 10.8. The molecule has 0 saturated carbocycles. The maximum atomic E-state index is 12.0. The average molecular weight is 230 g/mol. The molecule has 90 valence electrons. The molecule has 1 rings (SSSR count). The quantitative estimate of drug-likeness (QED) is 0.867. The molecule has 0 aliphatic rings. The molecular formula is C14H18N2O. The Labute approximate surface area is 102 Å². The molecule has 0 fully saturated rings. The van der Waals surface area contributed by atoms with Crippen molar-refractivity contribution in [3.8, 4) is 6.07 Å². The lowest BCUT2D eigenvalue weighted by atomic mass is 9.88. The van der Waals surface area contributed by atoms with Crippen LogP contribution in [-0.4, -0.2) is 5.91 Å². The number of amides is 1. The monoisotopic (exact) mass is 230 g/mol. The lowest BCUT2D eigenvalue weighted by Crippen LogP contribution is -2.31. The highest BCUT2D eigenvalue weighted by Crippen LogP contribution is 2.24. The average Bonchev–Trinajstić information content (AvgIpc) is 2.31. The summed E-state index contributed by atoms with van der Waals surface area (Å²) in [5, 5.41) is 11.9. The summed E-state index contributed by atoms with van der Waals surface area (Å²) in [5.74, 6) is -0.241. The van der Waals surface area contributed by atoms with E-state index in [2.05, 4.69) is 11.4 Å². The van der Waals surface area contributed by atoms with Gasteiger partial charge in [-0.05, 0) is 38.8 Å². The number of rotatable bonds is 3. The van der Waals surface area contributed by atoms with Crippen molar-refractivity contribution in [2.24, 2.45) is 5.41 Å². The Morgan fingerprint density at radius 3 is 2.59 bits per heavy atom. The second kappa shape index (κ2) is 5.01. The molecule has 1 unspecified atom stereocenters. The number of nitrogens with one attached hydrogen (secondary N) is 1. The van der Waals surface area contributed by atoms with Gasteiger partial charge in [0.25, 0.3) is 0 Å². The summed E-state index contributed by atoms with van der Waals surface area (Å²) < 4.78 is 0. The Hall–Kier alpha value is -1.82. The number of benzene rings is 1. The van der Waals surface area contributed by atoms with Gasteiger partial charge in [0.1, 0.15) is 5.41 Å². The van der Waals surface area contributed by atoms with E-state index in [4.69, 9.17) is 5.26 Å². The van der Waals surface area contributed by atoms with Crippen molar-refractivity contribution in [2.75, 3.05) is 5.32 Å². The molecule has 1 amide bonds. The number of nitriles is 1. The van der Waals surface area contributed by atoms with E-state index in [1.165, 1.54) is 0 Å². The number of hydrogen-bond acceptors (Lipinski definition) is 2. The summed E-state index contributed by atoms with van der Waals surface area (Å²) in [6.45, 7) is 7.44. The highest BCUT2D eigenvalue weighted by Gasteiger charge is 2.31. The molecule has 0 saturated heterocycles. The molecule has 0 aliphatic heterocycles. The van der Waals surface area contributed by atoms with Gasteiger partial charge in [-0.2, -0.15) is 5.26 Å². The van der Waals surface area contributed by atoms with Crippen LogP contribution >= 0.6 is 0 Å². The number of anilines is 1. The van der Waals surface area contributed by atoms with Crippen LogP contribution in [0.4, 0.5) is 5.69 Å². The SMILES string of the molecule is CCC(C)(C#N)C(=O)Nc1ccc(C)cc1C. The van der Waals surface area contributed by atoms with E-state index in [0.717, 1.165) is 16.8 Å². The zero-order valence-corrected chi connectivity index (χ0v) is 10.8. The minimum atomic E-state index is -0.961. The summed E-state index contributed by atoms with van der Waals surface area (Å²) in [7, 11) is 0. The molecule has 3 nitrogen and oxygen atoms in total. The second-order valence-electron chi connectivity index (χ2n) is 4.57. The third kappa shape index (κ3) is 2.85. The lowest BCUT2D eigenvalue weighted by molar-refractivity contribution is -0.122. The fraction of sp³-hybridized carbons (Fsp3) is 0.429. The molecule has 0 aromatic heterocycles. The minimum Gasteiger partial charge on any atom is -0.324 e. The van der Waals surface area contributed by atoms with Gasteiger partial charge in [0.05, 0.1) is 6.07 Å². The van der Waals surface area contributed by atoms with Crippen LogP contribution in [0.25, 0.3) is 0 Å². The van der Waals surface area contributed by atoms with Crippen molar-refractivity contribution < 1.29 is 4.79 Å². The third-order valence-electron chi connectivity index (χ3n) is 3.09. The lowest BCUT2D eigenvalue weighted by Gasteiger charge is -2.19. The fourth-order valence-corrected chi connectivity index (χ4v) is 1.50. The third-order valence-corrected chi connectivity index (χ3v) is 3.09. The Morgan fingerprint density at radius 1 is 1.47 bits per heavy atom. The Bertz CT molecular complexity index is 474. The first-order valence-corrected chi connectivity index (χ1v) is 5.73. The van der Waals surface area contributed by atoms with E-state index < -0.39 is 5.41 Å². The summed E-state index contributed by atoms with van der Waals surface area (Å²) >= 11 is 0. The van der Waals surface area contributed by atoms with Crippen molar-refractivity contribution in [1.82, 2.24) is 0 Å². The van der Waals surface area contributed by atoms with E-state index >= 15 is 0 Å². The first-order chi connectivity index (χ1) is 7.92. The van der Waals surface area contributed by atoms with Gasteiger partial charge >= 0.3 is 0 Å². The number of nitrogens with zero attached hydrogens (tertiary/aromatic N) is 1. The molecule has 17 heavy (non-hydrogen) atoms. The molecule has 0 radical (unpaired) electrons. The van der Waals surface area contributed by atoms with Gasteiger partial charge in [-0.25, -0.2) is 0 Å². The minimum absolute atomic E-state index is 0.241. The van der Waals surface area contributed by atoms with Crippen LogP contribution in [0.2, 0.25) is 0 Å². The molecule has 0 bridgehead atoms. The van der Waals surface area contributed by atoms with Gasteiger partial charge in [0, 0.05) is 5.69 Å². The van der Waals surface area contributed by atoms with Crippen LogP contribution in [0.15, 0.2) is 18.2 Å². The molecule has 0 spiro atoms. The van der Waals surface area contributed by atoms with E-state index in [1.807, 2.05) is 39.0 Å². The number of aryl methyl sites for hydroxylation is 2. The van der Waals surface area contributed by atoms with Crippen LogP contribution in [-0.2, 0) is 4.79 Å². The summed E-state index contributed by atoms with van der Waals surface area (Å²) in [4.78, 5) is 12.0. The smallest absolute Gasteiger partial charge is 0.244 e. The molecule has 1 atom stereocenters. The van der Waals surface area contributed by atoms with Gasteiger partial charge in [0.15, 0.2) is 0 Å². The summed E-state index contributed by atoms with van der Waals surface area (Å²) in [6, 6.07) is 7.89. The topological polar surface area (TPSA) is 52.9 Å². The van der Waals surface area contributed by atoms with Crippen molar-refractivity contribution in [3.63, 3.8) is 0 Å². The van der Waals surface area contributed by atoms with Crippen molar-refractivity contribution in [1.29, 1.82) is 5.26 Å². The molecule has 1 aromatic carbocycles. The van der Waals surface area contributed by atoms with Gasteiger partial charge in [-0.15, -0.1) is 0 Å². The Kier molecular flexibility index (Phi) is 3.90. The van der Waals surface area contributed by atoms with Crippen LogP contribution in [0.3, 0.4) is 0 Å². The maximum Gasteiger partial charge on any atom is 0.244 e. The van der Waals surface area contributed by atoms with Crippen molar-refractivity contribution >= 4 is 11.6 Å². The molecule has 1 N–H and O–H groups in total. The number of hydrogen-bond donors (Lipinski definition) is 1. The van der Waals surface area contributed by atoms with Crippen LogP contribution in [0.5, 0.6) is 0 Å². The van der Waals surface area contributed by atoms with E-state index in [-0.39, 0.29) is 5.91 Å². The molecule has 0 aliphatic carbocycles. The van der Waals surface area contributed by atoms with Gasteiger partial charge < -0.3 is 5.32 Å². The highest BCUT2D eigenvalue weighted by molar-refractivity contribution is 5.97. The predicted molar refractivity (Wildman–Crippen MR) is 68.6 cm³/mol. The normalized spacial score (nSPS) is 13.6. The number of carbonyl (C=O) groups excluding carboxylic acids is 1. The first-order valence-electron chi connectivity index (χ1n) is 5.73. The van der Waals surface area contributed by atoms with Crippen LogP contribution < -0.4 is 5.32 Å². The van der Waals surface area contributed by atoms with E-state index in [0.29, 0.717) is 6.42 Å². The molecule has 1 aromatic rings. The summed E-state index contributed by atoms with van der Waals surface area (Å²) in [6.07, 6.45) is 0.500. The van der Waals surface area contributed by atoms with Gasteiger partial charge in [-0.3, -0.25) is 4.79 Å². The standard InChI is InChI=1S/C14H18N2O/c1-5-14(4,9-15)13(17)16-12-7-6-10(2)8-11(12)3/h6-8H,5H2,1-4H3,(H,16,17). The van der Waals surface area contributed by atoms with Gasteiger partial charge in [0.2, 0.25) is 5.91 Å². The highest BCUT2D eigenvalue weighted by atomic mass is 16.2. The van der Waals surface area contributed by atoms with Gasteiger partial charge in [-0.1, -0.05) is 24.6 Å². The Morgan fingerprint density at radius 2 is 2.12 bits per heavy atom. The fourth-order valence-electron chi connectivity index (χ4n) is 1.50. The zero-order chi connectivity index (χ0) is 13.1. The second-order valence-corrected chi connectivity index (χ2v) is 4.57. The summed E-state index contributed by atoms with van der Waals surface area (Å²) in [5.41, 5.74) is 1.97. The van der Waals surface area contributed by atoms with E-state index in [1.54, 1.807) is 6.92 Å². The number of carbonyl (C=O) groups is 1. The van der Waals surface area contributed by atoms with Crippen molar-refractivity contribution in [2.45, 2.75) is 34.1 Å². The van der Waals surface area contributed by atoms with Crippen LogP contribution in [0, 0.1) is 30.6 Å². The maximum absolute atomic E-state index is 12.0. The molecular weight excluding hydrogens is 212 g/mol. The first kappa shape index (κ1) is 13.2. The largest absolute Gasteiger partial charge is 0.324 e. The molecule has 3 heteroatoms. The molecule has 0 heterocycles. The Balaban J connectivity index is 2.93. The van der Waals surface area contributed by atoms with Crippen molar-refractivity contribution in [3.05, 3.63) is 29.3 Å².